The van der Waals surface area contributed by atoms with Crippen molar-refractivity contribution < 1.29 is 0 Å². The molecule has 2 aromatic rings. The fourth-order valence-corrected chi connectivity index (χ4v) is 2.06. The topological polar surface area (TPSA) is 43.8 Å². The maximum Gasteiger partial charge on any atom is 0.0951 e. The van der Waals surface area contributed by atoms with Crippen molar-refractivity contribution in [3.05, 3.63) is 52.5 Å². The van der Waals surface area contributed by atoms with E-state index in [9.17, 15) is 0 Å². The van der Waals surface area contributed by atoms with E-state index in [-0.39, 0.29) is 6.04 Å². The SMILES string of the molecule is C[C@H](N)c1cncn1Cc1ccccc1Br. The van der Waals surface area contributed by atoms with Gasteiger partial charge in [-0.15, -0.1) is 0 Å². The van der Waals surface area contributed by atoms with Crippen molar-refractivity contribution in [3.8, 4) is 0 Å². The minimum Gasteiger partial charge on any atom is -0.329 e. The number of nitrogens with two attached hydrogens (primary N) is 1. The average Bonchev–Trinajstić information content (AvgIpc) is 2.69. The number of rotatable bonds is 3. The molecule has 0 bridgehead atoms. The van der Waals surface area contributed by atoms with Gasteiger partial charge in [0.05, 0.1) is 12.0 Å². The second-order valence-corrected chi connectivity index (χ2v) is 4.68. The molecule has 1 aromatic heterocycles. The first-order valence-corrected chi connectivity index (χ1v) is 5.97. The van der Waals surface area contributed by atoms with Crippen molar-refractivity contribution in [1.29, 1.82) is 0 Å². The van der Waals surface area contributed by atoms with Crippen LogP contribution < -0.4 is 5.73 Å². The van der Waals surface area contributed by atoms with Gasteiger partial charge in [0.15, 0.2) is 0 Å². The Morgan fingerprint density at radius 2 is 2.19 bits per heavy atom. The highest BCUT2D eigenvalue weighted by atomic mass is 79.9. The third-order valence-corrected chi connectivity index (χ3v) is 3.28. The average molecular weight is 280 g/mol. The van der Waals surface area contributed by atoms with E-state index in [4.69, 9.17) is 5.73 Å². The van der Waals surface area contributed by atoms with Crippen molar-refractivity contribution >= 4 is 15.9 Å². The van der Waals surface area contributed by atoms with Crippen LogP contribution >= 0.6 is 15.9 Å². The van der Waals surface area contributed by atoms with Crippen LogP contribution in [0.5, 0.6) is 0 Å². The minimum atomic E-state index is 0.00462. The maximum atomic E-state index is 5.88. The number of benzene rings is 1. The van der Waals surface area contributed by atoms with Gasteiger partial charge in [0.2, 0.25) is 0 Å². The number of hydrogen-bond acceptors (Lipinski definition) is 2. The zero-order valence-electron chi connectivity index (χ0n) is 9.10. The second kappa shape index (κ2) is 4.80. The second-order valence-electron chi connectivity index (χ2n) is 3.83. The summed E-state index contributed by atoms with van der Waals surface area (Å²) in [5.74, 6) is 0. The fourth-order valence-electron chi connectivity index (χ4n) is 1.65. The molecule has 0 spiro atoms. The molecule has 0 fully saturated rings. The molecule has 1 atom stereocenters. The smallest absolute Gasteiger partial charge is 0.0951 e. The van der Waals surface area contributed by atoms with Crippen LogP contribution in [0.3, 0.4) is 0 Å². The van der Waals surface area contributed by atoms with Gasteiger partial charge in [-0.25, -0.2) is 4.98 Å². The summed E-state index contributed by atoms with van der Waals surface area (Å²) in [4.78, 5) is 4.14. The van der Waals surface area contributed by atoms with E-state index in [2.05, 4.69) is 31.5 Å². The molecule has 0 amide bonds. The number of aromatic nitrogens is 2. The summed E-state index contributed by atoms with van der Waals surface area (Å²) in [5, 5.41) is 0. The Bertz CT molecular complexity index is 477. The molecule has 2 N–H and O–H groups in total. The predicted octanol–water partition coefficient (Wildman–Crippen LogP) is 2.71. The summed E-state index contributed by atoms with van der Waals surface area (Å²) in [6.07, 6.45) is 3.64. The lowest BCUT2D eigenvalue weighted by atomic mass is 10.2. The number of imidazole rings is 1. The van der Waals surface area contributed by atoms with Gasteiger partial charge in [0.25, 0.3) is 0 Å². The minimum absolute atomic E-state index is 0.00462. The summed E-state index contributed by atoms with van der Waals surface area (Å²) in [6.45, 7) is 2.76. The van der Waals surface area contributed by atoms with Gasteiger partial charge >= 0.3 is 0 Å². The summed E-state index contributed by atoms with van der Waals surface area (Å²) in [5.41, 5.74) is 8.15. The monoisotopic (exact) mass is 279 g/mol. The molecule has 0 aliphatic heterocycles. The van der Waals surface area contributed by atoms with Crippen molar-refractivity contribution in [1.82, 2.24) is 9.55 Å². The van der Waals surface area contributed by atoms with E-state index in [1.165, 1.54) is 5.56 Å². The van der Waals surface area contributed by atoms with E-state index in [0.29, 0.717) is 0 Å². The van der Waals surface area contributed by atoms with Crippen molar-refractivity contribution in [3.63, 3.8) is 0 Å². The van der Waals surface area contributed by atoms with Gasteiger partial charge in [0, 0.05) is 23.3 Å². The first-order chi connectivity index (χ1) is 7.68. The van der Waals surface area contributed by atoms with Crippen molar-refractivity contribution in [2.45, 2.75) is 19.5 Å². The van der Waals surface area contributed by atoms with Gasteiger partial charge in [-0.05, 0) is 18.6 Å². The summed E-state index contributed by atoms with van der Waals surface area (Å²) >= 11 is 3.54. The standard InChI is InChI=1S/C12H14BrN3/c1-9(14)12-6-15-8-16(12)7-10-4-2-3-5-11(10)13/h2-6,8-9H,7,14H2,1H3/t9-/m0/s1. The Hall–Kier alpha value is -1.13. The highest BCUT2D eigenvalue weighted by molar-refractivity contribution is 9.10. The van der Waals surface area contributed by atoms with Gasteiger partial charge < -0.3 is 10.3 Å². The molecule has 0 radical (unpaired) electrons. The Morgan fingerprint density at radius 1 is 1.44 bits per heavy atom. The van der Waals surface area contributed by atoms with E-state index in [0.717, 1.165) is 16.7 Å². The summed E-state index contributed by atoms with van der Waals surface area (Å²) in [6, 6.07) is 8.17. The van der Waals surface area contributed by atoms with Crippen LogP contribution in [0, 0.1) is 0 Å². The molecule has 4 heteroatoms. The third-order valence-electron chi connectivity index (χ3n) is 2.51. The van der Waals surface area contributed by atoms with Gasteiger partial charge in [-0.3, -0.25) is 0 Å². The first-order valence-electron chi connectivity index (χ1n) is 5.17. The van der Waals surface area contributed by atoms with E-state index < -0.39 is 0 Å². The molecule has 0 saturated carbocycles. The molecular formula is C12H14BrN3. The van der Waals surface area contributed by atoms with Crippen LogP contribution in [-0.4, -0.2) is 9.55 Å². The third kappa shape index (κ3) is 2.33. The highest BCUT2D eigenvalue weighted by Gasteiger charge is 2.07. The lowest BCUT2D eigenvalue weighted by Crippen LogP contribution is -2.12. The Balaban J connectivity index is 2.27. The molecule has 2 rings (SSSR count). The van der Waals surface area contributed by atoms with Crippen LogP contribution in [0.25, 0.3) is 0 Å². The molecular weight excluding hydrogens is 266 g/mol. The Morgan fingerprint density at radius 3 is 2.88 bits per heavy atom. The molecule has 3 nitrogen and oxygen atoms in total. The molecule has 84 valence electrons. The molecule has 16 heavy (non-hydrogen) atoms. The van der Waals surface area contributed by atoms with Gasteiger partial charge in [0.1, 0.15) is 0 Å². The van der Waals surface area contributed by atoms with E-state index in [1.54, 1.807) is 0 Å². The quantitative estimate of drug-likeness (QED) is 0.939. The molecule has 0 aliphatic rings. The molecule has 0 unspecified atom stereocenters. The zero-order valence-corrected chi connectivity index (χ0v) is 10.7. The van der Waals surface area contributed by atoms with Gasteiger partial charge in [-0.1, -0.05) is 34.1 Å². The number of hydrogen-bond donors (Lipinski definition) is 1. The maximum absolute atomic E-state index is 5.88. The summed E-state index contributed by atoms with van der Waals surface area (Å²) < 4.78 is 3.18. The number of nitrogens with zero attached hydrogens (tertiary/aromatic N) is 2. The van der Waals surface area contributed by atoms with E-state index >= 15 is 0 Å². The molecule has 1 heterocycles. The van der Waals surface area contributed by atoms with Crippen molar-refractivity contribution in [2.24, 2.45) is 5.73 Å². The van der Waals surface area contributed by atoms with E-state index in [1.807, 2.05) is 37.6 Å². The van der Waals surface area contributed by atoms with Crippen molar-refractivity contribution in [2.75, 3.05) is 0 Å². The molecule has 1 aromatic carbocycles. The molecule has 0 saturated heterocycles. The zero-order chi connectivity index (χ0) is 11.5. The lowest BCUT2D eigenvalue weighted by Gasteiger charge is -2.11. The lowest BCUT2D eigenvalue weighted by molar-refractivity contribution is 0.673. The van der Waals surface area contributed by atoms with Crippen LogP contribution in [-0.2, 0) is 6.54 Å². The first kappa shape index (κ1) is 11.4. The van der Waals surface area contributed by atoms with Crippen LogP contribution in [0.4, 0.5) is 0 Å². The van der Waals surface area contributed by atoms with Crippen LogP contribution in [0.1, 0.15) is 24.2 Å². The fraction of sp³-hybridized carbons (Fsp3) is 0.250. The number of halogens is 1. The highest BCUT2D eigenvalue weighted by Crippen LogP contribution is 2.18. The van der Waals surface area contributed by atoms with Crippen LogP contribution in [0.15, 0.2) is 41.3 Å². The van der Waals surface area contributed by atoms with Crippen LogP contribution in [0.2, 0.25) is 0 Å². The summed E-state index contributed by atoms with van der Waals surface area (Å²) in [7, 11) is 0. The predicted molar refractivity (Wildman–Crippen MR) is 68.1 cm³/mol. The largest absolute Gasteiger partial charge is 0.329 e. The van der Waals surface area contributed by atoms with Gasteiger partial charge in [-0.2, -0.15) is 0 Å². The normalized spacial score (nSPS) is 12.7. The Labute approximate surface area is 103 Å². The molecule has 0 aliphatic carbocycles. The Kier molecular flexibility index (Phi) is 3.41.